The summed E-state index contributed by atoms with van der Waals surface area (Å²) in [5, 5.41) is 3.09. The van der Waals surface area contributed by atoms with Gasteiger partial charge in [-0.2, -0.15) is 0 Å². The minimum absolute atomic E-state index is 0.117. The van der Waals surface area contributed by atoms with Crippen molar-refractivity contribution in [1.29, 1.82) is 0 Å². The lowest BCUT2D eigenvalue weighted by Gasteiger charge is -2.44. The van der Waals surface area contributed by atoms with Gasteiger partial charge in [-0.05, 0) is 56.1 Å². The number of benzene rings is 1. The summed E-state index contributed by atoms with van der Waals surface area (Å²) in [7, 11) is -3.22. The molecule has 3 heterocycles. The summed E-state index contributed by atoms with van der Waals surface area (Å²) < 4.78 is 22.8. The molecule has 0 spiro atoms. The van der Waals surface area contributed by atoms with Crippen molar-refractivity contribution < 1.29 is 13.2 Å². The first-order valence-corrected chi connectivity index (χ1v) is 9.16. The summed E-state index contributed by atoms with van der Waals surface area (Å²) in [6.07, 6.45) is 3.46. The highest BCUT2D eigenvalue weighted by molar-refractivity contribution is 7.90. The lowest BCUT2D eigenvalue weighted by atomic mass is 9.84. The normalized spacial score (nSPS) is 28.3. The topological polar surface area (TPSA) is 66.5 Å². The van der Waals surface area contributed by atoms with Crippen LogP contribution >= 0.6 is 0 Å². The predicted octanol–water partition coefficient (Wildman–Crippen LogP) is 0.914. The molecule has 6 heteroatoms. The number of hydrogen-bond acceptors (Lipinski definition) is 4. The van der Waals surface area contributed by atoms with Crippen LogP contribution in [0.4, 0.5) is 0 Å². The van der Waals surface area contributed by atoms with Crippen LogP contribution < -0.4 is 5.32 Å². The number of nitrogens with one attached hydrogen (secondary N) is 1. The van der Waals surface area contributed by atoms with E-state index in [1.54, 1.807) is 12.1 Å². The number of hydrogen-bond donors (Lipinski definition) is 1. The van der Waals surface area contributed by atoms with Crippen LogP contribution in [0.5, 0.6) is 0 Å². The van der Waals surface area contributed by atoms with E-state index in [0.29, 0.717) is 11.5 Å². The zero-order valence-electron chi connectivity index (χ0n) is 12.1. The number of carbonyl (C=O) groups excluding carboxylic acids is 1. The van der Waals surface area contributed by atoms with Gasteiger partial charge in [-0.15, -0.1) is 0 Å². The number of sulfone groups is 1. The van der Waals surface area contributed by atoms with Gasteiger partial charge in [0.2, 0.25) is 0 Å². The maximum atomic E-state index is 12.3. The summed E-state index contributed by atoms with van der Waals surface area (Å²) in [5.41, 5.74) is 0.513. The average molecular weight is 308 g/mol. The summed E-state index contributed by atoms with van der Waals surface area (Å²) in [6.45, 7) is 3.21. The molecule has 114 valence electrons. The van der Waals surface area contributed by atoms with Crippen LogP contribution in [0.3, 0.4) is 0 Å². The highest BCUT2D eigenvalue weighted by Gasteiger charge is 2.34. The van der Waals surface area contributed by atoms with Crippen molar-refractivity contribution in [3.8, 4) is 0 Å². The van der Waals surface area contributed by atoms with Crippen LogP contribution in [-0.2, 0) is 9.84 Å². The van der Waals surface area contributed by atoms with E-state index in [2.05, 4.69) is 10.2 Å². The van der Waals surface area contributed by atoms with E-state index < -0.39 is 9.84 Å². The molecule has 3 aliphatic rings. The minimum Gasteiger partial charge on any atom is -0.348 e. The molecule has 21 heavy (non-hydrogen) atoms. The fourth-order valence-corrected chi connectivity index (χ4v) is 3.86. The van der Waals surface area contributed by atoms with Crippen molar-refractivity contribution in [1.82, 2.24) is 10.2 Å². The molecule has 1 N–H and O–H groups in total. The fraction of sp³-hybridized carbons (Fsp3) is 0.533. The first kappa shape index (κ1) is 14.5. The van der Waals surface area contributed by atoms with E-state index >= 15 is 0 Å². The molecule has 0 radical (unpaired) electrons. The minimum atomic E-state index is -3.22. The van der Waals surface area contributed by atoms with E-state index in [9.17, 15) is 13.2 Å². The van der Waals surface area contributed by atoms with Gasteiger partial charge >= 0.3 is 0 Å². The van der Waals surface area contributed by atoms with Crippen LogP contribution in [0.25, 0.3) is 0 Å². The standard InChI is InChI=1S/C15H20N2O3S/c1-21(19,20)13-4-2-12(3-5-13)15(18)16-14-10-17-8-6-11(14)7-9-17/h2-5,11,14H,6-10H2,1H3,(H,16,18)/t14-/m1/s1. The second kappa shape index (κ2) is 5.42. The highest BCUT2D eigenvalue weighted by atomic mass is 32.2. The highest BCUT2D eigenvalue weighted by Crippen LogP contribution is 2.27. The van der Waals surface area contributed by atoms with Crippen molar-refractivity contribution in [2.24, 2.45) is 5.92 Å². The molecule has 0 unspecified atom stereocenters. The van der Waals surface area contributed by atoms with Gasteiger partial charge in [0.05, 0.1) is 4.90 Å². The first-order chi connectivity index (χ1) is 9.93. The molecule has 0 aliphatic carbocycles. The molecule has 0 saturated carbocycles. The number of fused-ring (bicyclic) bond motifs is 3. The van der Waals surface area contributed by atoms with Crippen molar-refractivity contribution >= 4 is 15.7 Å². The lowest BCUT2D eigenvalue weighted by molar-refractivity contribution is 0.0620. The zero-order chi connectivity index (χ0) is 15.0. The SMILES string of the molecule is CS(=O)(=O)c1ccc(C(=O)N[C@@H]2CN3CCC2CC3)cc1. The van der Waals surface area contributed by atoms with Crippen LogP contribution in [0.1, 0.15) is 23.2 Å². The fourth-order valence-electron chi connectivity index (χ4n) is 3.23. The Hall–Kier alpha value is -1.40. The molecule has 1 aromatic carbocycles. The molecule has 3 saturated heterocycles. The Morgan fingerprint density at radius 1 is 1.19 bits per heavy atom. The molecule has 5 nitrogen and oxygen atoms in total. The monoisotopic (exact) mass is 308 g/mol. The van der Waals surface area contributed by atoms with E-state index in [1.807, 2.05) is 0 Å². The Morgan fingerprint density at radius 2 is 1.81 bits per heavy atom. The van der Waals surface area contributed by atoms with Gasteiger partial charge < -0.3 is 10.2 Å². The zero-order valence-corrected chi connectivity index (χ0v) is 12.9. The molecule has 0 aromatic heterocycles. The number of nitrogens with zero attached hydrogens (tertiary/aromatic N) is 1. The predicted molar refractivity (Wildman–Crippen MR) is 80.0 cm³/mol. The van der Waals surface area contributed by atoms with E-state index in [0.717, 1.165) is 38.7 Å². The Balaban J connectivity index is 1.68. The smallest absolute Gasteiger partial charge is 0.251 e. The van der Waals surface area contributed by atoms with Gasteiger partial charge in [0.25, 0.3) is 5.91 Å². The van der Waals surface area contributed by atoms with Gasteiger partial charge in [0.15, 0.2) is 9.84 Å². The summed E-state index contributed by atoms with van der Waals surface area (Å²) in [5.74, 6) is 0.461. The Kier molecular flexibility index (Phi) is 3.75. The first-order valence-electron chi connectivity index (χ1n) is 7.27. The van der Waals surface area contributed by atoms with E-state index in [4.69, 9.17) is 0 Å². The summed E-state index contributed by atoms with van der Waals surface area (Å²) >= 11 is 0. The Bertz CT molecular complexity index is 631. The van der Waals surface area contributed by atoms with Gasteiger partial charge in [-0.3, -0.25) is 4.79 Å². The molecule has 1 aromatic rings. The van der Waals surface area contributed by atoms with Crippen molar-refractivity contribution in [3.05, 3.63) is 29.8 Å². The number of carbonyl (C=O) groups is 1. The summed E-state index contributed by atoms with van der Waals surface area (Å²) in [6, 6.07) is 6.34. The number of amides is 1. The third kappa shape index (κ3) is 3.11. The van der Waals surface area contributed by atoms with Crippen LogP contribution in [-0.4, -0.2) is 51.2 Å². The van der Waals surface area contributed by atoms with Gasteiger partial charge in [-0.1, -0.05) is 0 Å². The van der Waals surface area contributed by atoms with E-state index in [1.165, 1.54) is 12.1 Å². The van der Waals surface area contributed by atoms with Crippen LogP contribution in [0.15, 0.2) is 29.2 Å². The quantitative estimate of drug-likeness (QED) is 0.901. The van der Waals surface area contributed by atoms with Crippen LogP contribution in [0, 0.1) is 5.92 Å². The molecule has 1 amide bonds. The third-order valence-electron chi connectivity index (χ3n) is 4.52. The Morgan fingerprint density at radius 3 is 2.29 bits per heavy atom. The van der Waals surface area contributed by atoms with Gasteiger partial charge in [0.1, 0.15) is 0 Å². The van der Waals surface area contributed by atoms with Gasteiger partial charge in [-0.25, -0.2) is 8.42 Å². The second-order valence-corrected chi connectivity index (χ2v) is 8.03. The number of piperidine rings is 3. The summed E-state index contributed by atoms with van der Waals surface area (Å²) in [4.78, 5) is 14.9. The maximum Gasteiger partial charge on any atom is 0.251 e. The van der Waals surface area contributed by atoms with Crippen molar-refractivity contribution in [3.63, 3.8) is 0 Å². The molecule has 1 atom stereocenters. The number of rotatable bonds is 3. The van der Waals surface area contributed by atoms with Crippen LogP contribution in [0.2, 0.25) is 0 Å². The second-order valence-electron chi connectivity index (χ2n) is 6.01. The van der Waals surface area contributed by atoms with Gasteiger partial charge in [0, 0.05) is 24.4 Å². The molecule has 3 aliphatic heterocycles. The third-order valence-corrected chi connectivity index (χ3v) is 5.65. The molecular weight excluding hydrogens is 288 g/mol. The molecule has 3 fully saturated rings. The molecule has 4 rings (SSSR count). The molecular formula is C15H20N2O3S. The lowest BCUT2D eigenvalue weighted by Crippen LogP contribution is -2.57. The maximum absolute atomic E-state index is 12.3. The average Bonchev–Trinajstić information content (AvgIpc) is 2.48. The molecule has 2 bridgehead atoms. The van der Waals surface area contributed by atoms with E-state index in [-0.39, 0.29) is 16.8 Å². The van der Waals surface area contributed by atoms with Crippen molar-refractivity contribution in [2.45, 2.75) is 23.8 Å². The Labute approximate surface area is 125 Å². The largest absolute Gasteiger partial charge is 0.348 e. The van der Waals surface area contributed by atoms with Crippen molar-refractivity contribution in [2.75, 3.05) is 25.9 Å².